The molecule has 1 heteroatoms. The standard InChI is InChI=1S/C32H26O/c1-23-21-30(28-19-11-9-17-26(28)24-13-5-3-6-14-24)32(33-2)31(22-23)29-20-12-10-18-27(29)25-15-7-4-8-16-25/h3-22H,1-2H3. The van der Waals surface area contributed by atoms with E-state index in [1.54, 1.807) is 7.11 Å². The highest BCUT2D eigenvalue weighted by Crippen LogP contribution is 2.45. The van der Waals surface area contributed by atoms with Gasteiger partial charge in [-0.05, 0) is 58.0 Å². The topological polar surface area (TPSA) is 9.23 Å². The number of rotatable bonds is 5. The molecule has 5 aromatic rings. The highest BCUT2D eigenvalue weighted by Gasteiger charge is 2.19. The van der Waals surface area contributed by atoms with Crippen molar-refractivity contribution in [2.24, 2.45) is 0 Å². The number of hydrogen-bond donors (Lipinski definition) is 0. The van der Waals surface area contributed by atoms with Crippen molar-refractivity contribution in [1.29, 1.82) is 0 Å². The largest absolute Gasteiger partial charge is 0.495 e. The summed E-state index contributed by atoms with van der Waals surface area (Å²) in [6, 6.07) is 42.7. The van der Waals surface area contributed by atoms with Gasteiger partial charge in [-0.25, -0.2) is 0 Å². The van der Waals surface area contributed by atoms with E-state index in [4.69, 9.17) is 4.74 Å². The van der Waals surface area contributed by atoms with E-state index in [2.05, 4.69) is 128 Å². The lowest BCUT2D eigenvalue weighted by molar-refractivity contribution is 0.418. The Morgan fingerprint density at radius 1 is 0.424 bits per heavy atom. The minimum Gasteiger partial charge on any atom is -0.495 e. The zero-order valence-electron chi connectivity index (χ0n) is 19.0. The van der Waals surface area contributed by atoms with Crippen molar-refractivity contribution in [1.82, 2.24) is 0 Å². The van der Waals surface area contributed by atoms with Gasteiger partial charge in [0.2, 0.25) is 0 Å². The molecular formula is C32H26O. The Balaban J connectivity index is 1.76. The van der Waals surface area contributed by atoms with Gasteiger partial charge in [-0.1, -0.05) is 109 Å². The molecule has 0 heterocycles. The van der Waals surface area contributed by atoms with Crippen LogP contribution in [0.25, 0.3) is 44.5 Å². The van der Waals surface area contributed by atoms with Crippen LogP contribution in [0.2, 0.25) is 0 Å². The first-order valence-electron chi connectivity index (χ1n) is 11.2. The highest BCUT2D eigenvalue weighted by molar-refractivity contribution is 5.94. The maximum atomic E-state index is 6.12. The fraction of sp³-hybridized carbons (Fsp3) is 0.0625. The molecule has 0 unspecified atom stereocenters. The predicted octanol–water partition coefficient (Wildman–Crippen LogP) is 8.67. The van der Waals surface area contributed by atoms with Gasteiger partial charge in [0.25, 0.3) is 0 Å². The Morgan fingerprint density at radius 2 is 0.788 bits per heavy atom. The monoisotopic (exact) mass is 426 g/mol. The molecule has 5 aromatic carbocycles. The third-order valence-corrected chi connectivity index (χ3v) is 6.04. The van der Waals surface area contributed by atoms with Crippen molar-refractivity contribution in [3.05, 3.63) is 127 Å². The Morgan fingerprint density at radius 3 is 1.18 bits per heavy atom. The summed E-state index contributed by atoms with van der Waals surface area (Å²) in [4.78, 5) is 0. The van der Waals surface area contributed by atoms with Crippen LogP contribution < -0.4 is 4.74 Å². The molecule has 0 radical (unpaired) electrons. The Bertz CT molecular complexity index is 1280. The van der Waals surface area contributed by atoms with Gasteiger partial charge in [0.15, 0.2) is 0 Å². The lowest BCUT2D eigenvalue weighted by Crippen LogP contribution is -1.96. The van der Waals surface area contributed by atoms with Crippen molar-refractivity contribution < 1.29 is 4.74 Å². The first-order chi connectivity index (χ1) is 16.3. The quantitative estimate of drug-likeness (QED) is 0.273. The van der Waals surface area contributed by atoms with Crippen LogP contribution in [0.1, 0.15) is 5.56 Å². The number of methoxy groups -OCH3 is 1. The minimum atomic E-state index is 0.896. The molecule has 33 heavy (non-hydrogen) atoms. The molecule has 0 aliphatic carbocycles. The lowest BCUT2D eigenvalue weighted by Gasteiger charge is -2.20. The number of hydrogen-bond acceptors (Lipinski definition) is 1. The van der Waals surface area contributed by atoms with Crippen LogP contribution in [-0.2, 0) is 0 Å². The molecule has 5 rings (SSSR count). The Hall–Kier alpha value is -4.10. The van der Waals surface area contributed by atoms with E-state index in [1.165, 1.54) is 38.9 Å². The average molecular weight is 427 g/mol. The zero-order chi connectivity index (χ0) is 22.6. The second-order valence-electron chi connectivity index (χ2n) is 8.22. The van der Waals surface area contributed by atoms with E-state index in [-0.39, 0.29) is 0 Å². The molecule has 0 aliphatic heterocycles. The molecule has 0 saturated heterocycles. The fourth-order valence-corrected chi connectivity index (χ4v) is 4.57. The summed E-state index contributed by atoms with van der Waals surface area (Å²) in [5, 5.41) is 0. The normalized spacial score (nSPS) is 10.7. The first kappa shape index (κ1) is 20.8. The van der Waals surface area contributed by atoms with Gasteiger partial charge in [0.1, 0.15) is 5.75 Å². The van der Waals surface area contributed by atoms with E-state index < -0.39 is 0 Å². The van der Waals surface area contributed by atoms with Crippen molar-refractivity contribution >= 4 is 0 Å². The molecule has 160 valence electrons. The molecule has 0 bridgehead atoms. The molecule has 1 nitrogen and oxygen atoms in total. The fourth-order valence-electron chi connectivity index (χ4n) is 4.57. The summed E-state index contributed by atoms with van der Waals surface area (Å²) in [5.41, 5.74) is 10.5. The summed E-state index contributed by atoms with van der Waals surface area (Å²) >= 11 is 0. The Kier molecular flexibility index (Phi) is 5.78. The summed E-state index contributed by atoms with van der Waals surface area (Å²) in [5.74, 6) is 0.896. The van der Waals surface area contributed by atoms with Crippen LogP contribution in [0.5, 0.6) is 5.75 Å². The third-order valence-electron chi connectivity index (χ3n) is 6.04. The number of ether oxygens (including phenoxy) is 1. The van der Waals surface area contributed by atoms with Gasteiger partial charge < -0.3 is 4.74 Å². The van der Waals surface area contributed by atoms with Gasteiger partial charge in [-0.3, -0.25) is 0 Å². The third kappa shape index (κ3) is 4.06. The zero-order valence-corrected chi connectivity index (χ0v) is 19.0. The second kappa shape index (κ2) is 9.18. The van der Waals surface area contributed by atoms with Crippen LogP contribution in [0, 0.1) is 6.92 Å². The predicted molar refractivity (Wildman–Crippen MR) is 139 cm³/mol. The number of benzene rings is 5. The molecule has 0 N–H and O–H groups in total. The van der Waals surface area contributed by atoms with E-state index in [0.717, 1.165) is 16.9 Å². The average Bonchev–Trinajstić information content (AvgIpc) is 2.89. The maximum Gasteiger partial charge on any atom is 0.134 e. The minimum absolute atomic E-state index is 0.896. The molecule has 0 saturated carbocycles. The van der Waals surface area contributed by atoms with Gasteiger partial charge in [0.05, 0.1) is 7.11 Å². The molecular weight excluding hydrogens is 400 g/mol. The molecule has 0 spiro atoms. The molecule has 0 atom stereocenters. The second-order valence-corrected chi connectivity index (χ2v) is 8.22. The lowest BCUT2D eigenvalue weighted by atomic mass is 9.88. The molecule has 0 amide bonds. The maximum absolute atomic E-state index is 6.12. The van der Waals surface area contributed by atoms with Gasteiger partial charge in [-0.15, -0.1) is 0 Å². The SMILES string of the molecule is COc1c(-c2ccccc2-c2ccccc2)cc(C)cc1-c1ccccc1-c1ccccc1. The first-order valence-corrected chi connectivity index (χ1v) is 11.2. The molecule has 0 fully saturated rings. The van der Waals surface area contributed by atoms with Gasteiger partial charge >= 0.3 is 0 Å². The summed E-state index contributed by atoms with van der Waals surface area (Å²) in [6.45, 7) is 2.16. The Labute approximate surface area is 196 Å². The van der Waals surface area contributed by atoms with Crippen molar-refractivity contribution in [2.45, 2.75) is 6.92 Å². The molecule has 0 aromatic heterocycles. The summed E-state index contributed by atoms with van der Waals surface area (Å²) < 4.78 is 6.12. The van der Waals surface area contributed by atoms with E-state index >= 15 is 0 Å². The van der Waals surface area contributed by atoms with E-state index in [0.29, 0.717) is 0 Å². The van der Waals surface area contributed by atoms with E-state index in [9.17, 15) is 0 Å². The molecule has 0 aliphatic rings. The van der Waals surface area contributed by atoms with Crippen LogP contribution in [0.4, 0.5) is 0 Å². The number of aryl methyl sites for hydroxylation is 1. The summed E-state index contributed by atoms with van der Waals surface area (Å²) in [7, 11) is 1.77. The van der Waals surface area contributed by atoms with Crippen LogP contribution in [0.3, 0.4) is 0 Å². The van der Waals surface area contributed by atoms with Crippen molar-refractivity contribution in [2.75, 3.05) is 7.11 Å². The van der Waals surface area contributed by atoms with Crippen molar-refractivity contribution in [3.63, 3.8) is 0 Å². The van der Waals surface area contributed by atoms with Gasteiger partial charge in [-0.2, -0.15) is 0 Å². The summed E-state index contributed by atoms with van der Waals surface area (Å²) in [6.07, 6.45) is 0. The van der Waals surface area contributed by atoms with Gasteiger partial charge in [0, 0.05) is 11.1 Å². The highest BCUT2D eigenvalue weighted by atomic mass is 16.5. The van der Waals surface area contributed by atoms with Crippen LogP contribution in [-0.4, -0.2) is 7.11 Å². The van der Waals surface area contributed by atoms with Crippen LogP contribution in [0.15, 0.2) is 121 Å². The van der Waals surface area contributed by atoms with Crippen LogP contribution >= 0.6 is 0 Å². The van der Waals surface area contributed by atoms with E-state index in [1.807, 2.05) is 0 Å². The smallest absolute Gasteiger partial charge is 0.134 e. The van der Waals surface area contributed by atoms with Crippen molar-refractivity contribution in [3.8, 4) is 50.3 Å².